The molecule has 116 valence electrons. The lowest BCUT2D eigenvalue weighted by atomic mass is 9.93. The molecule has 0 bridgehead atoms. The zero-order valence-corrected chi connectivity index (χ0v) is 12.2. The van der Waals surface area contributed by atoms with Gasteiger partial charge in [0, 0.05) is 11.2 Å². The minimum Gasteiger partial charge on any atom is -0.370 e. The van der Waals surface area contributed by atoms with Gasteiger partial charge in [0.1, 0.15) is 12.4 Å². The molecule has 1 aromatic rings. The zero-order chi connectivity index (χ0) is 15.1. The van der Waals surface area contributed by atoms with Gasteiger partial charge in [-0.2, -0.15) is 0 Å². The smallest absolute Gasteiger partial charge is 0.250 e. The van der Waals surface area contributed by atoms with Crippen LogP contribution in [0.5, 0.6) is 0 Å². The SMILES string of the molecule is NC1(COCC(=O)Nc2ccc(F)cc2)CCCCCC1. The van der Waals surface area contributed by atoms with E-state index in [-0.39, 0.29) is 23.9 Å². The van der Waals surface area contributed by atoms with Crippen LogP contribution in [0.1, 0.15) is 38.5 Å². The summed E-state index contributed by atoms with van der Waals surface area (Å²) in [4.78, 5) is 11.7. The minimum atomic E-state index is -0.331. The summed E-state index contributed by atoms with van der Waals surface area (Å²) in [5, 5.41) is 2.66. The molecule has 3 N–H and O–H groups in total. The molecule has 21 heavy (non-hydrogen) atoms. The molecule has 1 amide bonds. The van der Waals surface area contributed by atoms with Crippen LogP contribution < -0.4 is 11.1 Å². The van der Waals surface area contributed by atoms with Crippen LogP contribution in [-0.2, 0) is 9.53 Å². The third-order valence-corrected chi connectivity index (χ3v) is 3.85. The maximum atomic E-state index is 12.8. The normalized spacial score (nSPS) is 18.0. The fourth-order valence-electron chi connectivity index (χ4n) is 2.65. The highest BCUT2D eigenvalue weighted by atomic mass is 19.1. The van der Waals surface area contributed by atoms with Crippen LogP contribution in [0.2, 0.25) is 0 Å². The van der Waals surface area contributed by atoms with Crippen molar-refractivity contribution in [3.8, 4) is 0 Å². The highest BCUT2D eigenvalue weighted by molar-refractivity contribution is 5.91. The Morgan fingerprint density at radius 3 is 2.43 bits per heavy atom. The molecule has 1 aliphatic carbocycles. The molecule has 1 fully saturated rings. The Kier molecular flexibility index (Phi) is 5.70. The maximum absolute atomic E-state index is 12.8. The Balaban J connectivity index is 1.72. The predicted molar refractivity (Wildman–Crippen MR) is 80.5 cm³/mol. The standard InChI is InChI=1S/C16H23FN2O2/c17-13-5-7-14(8-6-13)19-15(20)11-21-12-16(18)9-3-1-2-4-10-16/h5-8H,1-4,9-12,18H2,(H,19,20). The van der Waals surface area contributed by atoms with Gasteiger partial charge in [-0.25, -0.2) is 4.39 Å². The molecule has 0 aromatic heterocycles. The number of hydrogen-bond donors (Lipinski definition) is 2. The summed E-state index contributed by atoms with van der Waals surface area (Å²) < 4.78 is 18.2. The van der Waals surface area contributed by atoms with E-state index in [9.17, 15) is 9.18 Å². The molecule has 1 aromatic carbocycles. The molecule has 0 spiro atoms. The molecule has 5 heteroatoms. The van der Waals surface area contributed by atoms with Crippen LogP contribution in [0.4, 0.5) is 10.1 Å². The third-order valence-electron chi connectivity index (χ3n) is 3.85. The van der Waals surface area contributed by atoms with Gasteiger partial charge < -0.3 is 15.8 Å². The maximum Gasteiger partial charge on any atom is 0.250 e. The second-order valence-corrected chi connectivity index (χ2v) is 5.82. The van der Waals surface area contributed by atoms with Gasteiger partial charge in [-0.1, -0.05) is 25.7 Å². The van der Waals surface area contributed by atoms with Crippen molar-refractivity contribution in [2.24, 2.45) is 5.73 Å². The lowest BCUT2D eigenvalue weighted by Gasteiger charge is -2.27. The Hall–Kier alpha value is -1.46. The van der Waals surface area contributed by atoms with E-state index in [1.807, 2.05) is 0 Å². The van der Waals surface area contributed by atoms with E-state index in [1.54, 1.807) is 0 Å². The number of ether oxygens (including phenoxy) is 1. The van der Waals surface area contributed by atoms with Gasteiger partial charge in [0.25, 0.3) is 0 Å². The van der Waals surface area contributed by atoms with Crippen molar-refractivity contribution in [3.05, 3.63) is 30.1 Å². The molecule has 0 aliphatic heterocycles. The number of nitrogens with one attached hydrogen (secondary N) is 1. The molecule has 1 aliphatic rings. The molecule has 0 saturated heterocycles. The van der Waals surface area contributed by atoms with Crippen LogP contribution in [0.25, 0.3) is 0 Å². The molecule has 0 unspecified atom stereocenters. The largest absolute Gasteiger partial charge is 0.370 e. The minimum absolute atomic E-state index is 0.0314. The van der Waals surface area contributed by atoms with Crippen LogP contribution in [0.3, 0.4) is 0 Å². The van der Waals surface area contributed by atoms with Gasteiger partial charge in [0.15, 0.2) is 0 Å². The summed E-state index contributed by atoms with van der Waals surface area (Å²) >= 11 is 0. The van der Waals surface area contributed by atoms with Gasteiger partial charge in [0.2, 0.25) is 5.91 Å². The van der Waals surface area contributed by atoms with Crippen molar-refractivity contribution in [2.45, 2.75) is 44.1 Å². The monoisotopic (exact) mass is 294 g/mol. The predicted octanol–water partition coefficient (Wildman–Crippen LogP) is 2.83. The Morgan fingerprint density at radius 2 is 1.81 bits per heavy atom. The number of anilines is 1. The summed E-state index contributed by atoms with van der Waals surface area (Å²) in [5.41, 5.74) is 6.57. The van der Waals surface area contributed by atoms with Crippen LogP contribution >= 0.6 is 0 Å². The summed E-state index contributed by atoms with van der Waals surface area (Å²) in [6.45, 7) is 0.375. The number of amides is 1. The van der Waals surface area contributed by atoms with E-state index in [0.717, 1.165) is 25.7 Å². The first-order chi connectivity index (χ1) is 10.1. The van der Waals surface area contributed by atoms with Gasteiger partial charge >= 0.3 is 0 Å². The van der Waals surface area contributed by atoms with E-state index in [1.165, 1.54) is 37.1 Å². The van der Waals surface area contributed by atoms with E-state index < -0.39 is 0 Å². The second-order valence-electron chi connectivity index (χ2n) is 5.82. The lowest BCUT2D eigenvalue weighted by Crippen LogP contribution is -2.44. The van der Waals surface area contributed by atoms with Crippen molar-refractivity contribution < 1.29 is 13.9 Å². The van der Waals surface area contributed by atoms with Crippen molar-refractivity contribution in [2.75, 3.05) is 18.5 Å². The highest BCUT2D eigenvalue weighted by Gasteiger charge is 2.26. The van der Waals surface area contributed by atoms with Crippen molar-refractivity contribution in [3.63, 3.8) is 0 Å². The quantitative estimate of drug-likeness (QED) is 0.821. The summed E-state index contributed by atoms with van der Waals surface area (Å²) in [5.74, 6) is -0.582. The molecule has 2 rings (SSSR count). The molecule has 0 heterocycles. The first-order valence-corrected chi connectivity index (χ1v) is 7.49. The average Bonchev–Trinajstić information content (AvgIpc) is 2.66. The van der Waals surface area contributed by atoms with Gasteiger partial charge in [-0.15, -0.1) is 0 Å². The van der Waals surface area contributed by atoms with Crippen LogP contribution in [0.15, 0.2) is 24.3 Å². The van der Waals surface area contributed by atoms with Gasteiger partial charge in [0.05, 0.1) is 6.61 Å². The lowest BCUT2D eigenvalue weighted by molar-refractivity contribution is -0.121. The summed E-state index contributed by atoms with van der Waals surface area (Å²) in [7, 11) is 0. The van der Waals surface area contributed by atoms with E-state index in [0.29, 0.717) is 12.3 Å². The number of benzene rings is 1. The Labute approximate surface area is 124 Å². The zero-order valence-electron chi connectivity index (χ0n) is 12.2. The van der Waals surface area contributed by atoms with E-state index in [2.05, 4.69) is 5.32 Å². The van der Waals surface area contributed by atoms with Crippen molar-refractivity contribution in [1.82, 2.24) is 0 Å². The van der Waals surface area contributed by atoms with Crippen LogP contribution in [-0.4, -0.2) is 24.7 Å². The average molecular weight is 294 g/mol. The van der Waals surface area contributed by atoms with Crippen molar-refractivity contribution >= 4 is 11.6 Å². The third kappa shape index (κ3) is 5.44. The fourth-order valence-corrected chi connectivity index (χ4v) is 2.65. The number of carbonyl (C=O) groups excluding carboxylic acids is 1. The summed E-state index contributed by atoms with van der Waals surface area (Å²) in [6, 6.07) is 5.64. The Bertz CT molecular complexity index is 454. The first kappa shape index (κ1) is 15.9. The van der Waals surface area contributed by atoms with E-state index in [4.69, 9.17) is 10.5 Å². The molecule has 0 atom stereocenters. The first-order valence-electron chi connectivity index (χ1n) is 7.49. The molecule has 1 saturated carbocycles. The number of rotatable bonds is 5. The number of hydrogen-bond acceptors (Lipinski definition) is 3. The second kappa shape index (κ2) is 7.52. The van der Waals surface area contributed by atoms with E-state index >= 15 is 0 Å². The molecular formula is C16H23FN2O2. The number of nitrogens with two attached hydrogens (primary N) is 1. The molecule has 0 radical (unpaired) electrons. The van der Waals surface area contributed by atoms with Gasteiger partial charge in [-0.05, 0) is 37.1 Å². The molecular weight excluding hydrogens is 271 g/mol. The highest BCUT2D eigenvalue weighted by Crippen LogP contribution is 2.25. The van der Waals surface area contributed by atoms with Crippen molar-refractivity contribution in [1.29, 1.82) is 0 Å². The Morgan fingerprint density at radius 1 is 1.19 bits per heavy atom. The van der Waals surface area contributed by atoms with Gasteiger partial charge in [-0.3, -0.25) is 4.79 Å². The summed E-state index contributed by atoms with van der Waals surface area (Å²) in [6.07, 6.45) is 6.61. The fraction of sp³-hybridized carbons (Fsp3) is 0.562. The topological polar surface area (TPSA) is 64.3 Å². The van der Waals surface area contributed by atoms with Crippen LogP contribution in [0, 0.1) is 5.82 Å². The number of carbonyl (C=O) groups is 1. The number of halogens is 1. The molecule has 4 nitrogen and oxygen atoms in total.